The maximum absolute atomic E-state index is 12.7. The van der Waals surface area contributed by atoms with Crippen molar-refractivity contribution < 1.29 is 14.3 Å². The number of fused-ring (bicyclic) bond motifs is 1. The molecule has 1 saturated carbocycles. The summed E-state index contributed by atoms with van der Waals surface area (Å²) in [5.41, 5.74) is 2.31. The third kappa shape index (κ3) is 3.33. The summed E-state index contributed by atoms with van der Waals surface area (Å²) < 4.78 is 11.2. The number of morpholine rings is 1. The van der Waals surface area contributed by atoms with Gasteiger partial charge in [-0.3, -0.25) is 4.79 Å². The van der Waals surface area contributed by atoms with Gasteiger partial charge in [0.05, 0.1) is 25.2 Å². The van der Waals surface area contributed by atoms with Gasteiger partial charge in [-0.25, -0.2) is 0 Å². The van der Waals surface area contributed by atoms with E-state index in [2.05, 4.69) is 19.1 Å². The molecule has 4 heteroatoms. The number of rotatable bonds is 4. The lowest BCUT2D eigenvalue weighted by atomic mass is 10.1. The van der Waals surface area contributed by atoms with Crippen LogP contribution in [0.25, 0.3) is 0 Å². The fraction of sp³-hybridized carbons (Fsp3) is 0.611. The second-order valence-electron chi connectivity index (χ2n) is 6.52. The van der Waals surface area contributed by atoms with Crippen LogP contribution in [0, 0.1) is 12.8 Å². The largest absolute Gasteiger partial charge is 0.384 e. The highest BCUT2D eigenvalue weighted by molar-refractivity contribution is 5.79. The topological polar surface area (TPSA) is 38.8 Å². The van der Waals surface area contributed by atoms with Gasteiger partial charge in [-0.05, 0) is 31.2 Å². The van der Waals surface area contributed by atoms with Gasteiger partial charge in [0.2, 0.25) is 5.91 Å². The van der Waals surface area contributed by atoms with Crippen LogP contribution in [0.15, 0.2) is 24.3 Å². The maximum Gasteiger partial charge on any atom is 0.227 e. The van der Waals surface area contributed by atoms with Crippen LogP contribution in [0.3, 0.4) is 0 Å². The zero-order valence-corrected chi connectivity index (χ0v) is 13.5. The summed E-state index contributed by atoms with van der Waals surface area (Å²) in [6.07, 6.45) is 2.68. The van der Waals surface area contributed by atoms with E-state index in [9.17, 15) is 4.79 Å². The molecule has 1 aromatic rings. The van der Waals surface area contributed by atoms with Crippen LogP contribution in [0.4, 0.5) is 0 Å². The molecule has 4 nitrogen and oxygen atoms in total. The molecule has 2 fully saturated rings. The molecule has 1 aromatic carbocycles. The highest BCUT2D eigenvalue weighted by atomic mass is 16.5. The molecule has 1 heterocycles. The lowest BCUT2D eigenvalue weighted by Crippen LogP contribution is -2.51. The number of carbonyl (C=O) groups excluding carboxylic acids is 1. The van der Waals surface area contributed by atoms with E-state index in [4.69, 9.17) is 9.47 Å². The number of benzene rings is 1. The third-order valence-electron chi connectivity index (χ3n) is 4.83. The molecule has 1 aliphatic carbocycles. The molecule has 3 rings (SSSR count). The number of carbonyl (C=O) groups is 1. The van der Waals surface area contributed by atoms with E-state index in [0.717, 1.165) is 25.0 Å². The van der Waals surface area contributed by atoms with Gasteiger partial charge in [-0.1, -0.05) is 29.8 Å². The van der Waals surface area contributed by atoms with Crippen molar-refractivity contribution in [3.63, 3.8) is 0 Å². The fourth-order valence-electron chi connectivity index (χ4n) is 3.71. The quantitative estimate of drug-likeness (QED) is 0.856. The number of ether oxygens (including phenoxy) is 2. The van der Waals surface area contributed by atoms with Gasteiger partial charge in [-0.15, -0.1) is 0 Å². The first-order valence-electron chi connectivity index (χ1n) is 8.13. The molecule has 0 radical (unpaired) electrons. The molecule has 0 bridgehead atoms. The number of hydrogen-bond donors (Lipinski definition) is 0. The number of aryl methyl sites for hydroxylation is 1. The lowest BCUT2D eigenvalue weighted by molar-refractivity contribution is -0.143. The van der Waals surface area contributed by atoms with E-state index in [1.54, 1.807) is 7.11 Å². The van der Waals surface area contributed by atoms with Crippen molar-refractivity contribution in [3.8, 4) is 0 Å². The molecule has 0 aromatic heterocycles. The van der Waals surface area contributed by atoms with E-state index in [0.29, 0.717) is 25.5 Å². The van der Waals surface area contributed by atoms with Gasteiger partial charge in [0, 0.05) is 20.3 Å². The monoisotopic (exact) mass is 303 g/mol. The zero-order valence-electron chi connectivity index (χ0n) is 13.5. The number of hydrogen-bond acceptors (Lipinski definition) is 3. The van der Waals surface area contributed by atoms with Crippen LogP contribution in [0.1, 0.15) is 24.0 Å². The lowest BCUT2D eigenvalue weighted by Gasteiger charge is -2.37. The minimum absolute atomic E-state index is 0.191. The molecule has 1 saturated heterocycles. The first-order chi connectivity index (χ1) is 10.7. The Kier molecular flexibility index (Phi) is 4.79. The van der Waals surface area contributed by atoms with Crippen molar-refractivity contribution in [3.05, 3.63) is 35.4 Å². The van der Waals surface area contributed by atoms with Crippen molar-refractivity contribution in [2.24, 2.45) is 5.92 Å². The van der Waals surface area contributed by atoms with Crippen molar-refractivity contribution in [2.75, 3.05) is 26.9 Å². The van der Waals surface area contributed by atoms with E-state index in [1.807, 2.05) is 17.0 Å². The molecule has 3 atom stereocenters. The van der Waals surface area contributed by atoms with Crippen LogP contribution in [0.5, 0.6) is 0 Å². The van der Waals surface area contributed by atoms with Crippen molar-refractivity contribution in [2.45, 2.75) is 38.3 Å². The molecular formula is C18H25NO3. The highest BCUT2D eigenvalue weighted by Gasteiger charge is 2.42. The van der Waals surface area contributed by atoms with E-state index >= 15 is 0 Å². The smallest absolute Gasteiger partial charge is 0.227 e. The summed E-state index contributed by atoms with van der Waals surface area (Å²) in [5.74, 6) is 0.730. The first-order valence-corrected chi connectivity index (χ1v) is 8.13. The second kappa shape index (κ2) is 6.80. The average molecular weight is 303 g/mol. The Bertz CT molecular complexity index is 514. The molecule has 0 spiro atoms. The Morgan fingerprint density at radius 1 is 1.32 bits per heavy atom. The predicted octanol–water partition coefficient (Wildman–Crippen LogP) is 2.19. The van der Waals surface area contributed by atoms with E-state index in [1.165, 1.54) is 5.56 Å². The predicted molar refractivity (Wildman–Crippen MR) is 84.7 cm³/mol. The van der Waals surface area contributed by atoms with Crippen molar-refractivity contribution in [1.82, 2.24) is 4.90 Å². The number of methoxy groups -OCH3 is 1. The van der Waals surface area contributed by atoms with Gasteiger partial charge in [0.1, 0.15) is 0 Å². The summed E-state index contributed by atoms with van der Waals surface area (Å²) in [6, 6.07) is 8.46. The van der Waals surface area contributed by atoms with Crippen LogP contribution in [0.2, 0.25) is 0 Å². The Labute approximate surface area is 132 Å². The van der Waals surface area contributed by atoms with Crippen LogP contribution in [-0.4, -0.2) is 49.8 Å². The molecule has 1 aliphatic heterocycles. The summed E-state index contributed by atoms with van der Waals surface area (Å²) in [7, 11) is 1.74. The van der Waals surface area contributed by atoms with Gasteiger partial charge in [-0.2, -0.15) is 0 Å². The molecule has 22 heavy (non-hydrogen) atoms. The molecular weight excluding hydrogens is 278 g/mol. The number of nitrogens with zero attached hydrogens (tertiary/aromatic N) is 1. The molecule has 1 amide bonds. The minimum Gasteiger partial charge on any atom is -0.384 e. The van der Waals surface area contributed by atoms with E-state index < -0.39 is 0 Å². The second-order valence-corrected chi connectivity index (χ2v) is 6.52. The third-order valence-corrected chi connectivity index (χ3v) is 4.83. The Balaban J connectivity index is 1.65. The average Bonchev–Trinajstić information content (AvgIpc) is 2.92. The van der Waals surface area contributed by atoms with Gasteiger partial charge >= 0.3 is 0 Å². The van der Waals surface area contributed by atoms with Crippen LogP contribution >= 0.6 is 0 Å². The Morgan fingerprint density at radius 2 is 2.09 bits per heavy atom. The Morgan fingerprint density at radius 3 is 2.82 bits per heavy atom. The summed E-state index contributed by atoms with van der Waals surface area (Å²) in [4.78, 5) is 14.7. The maximum atomic E-state index is 12.7. The normalized spacial score (nSPS) is 27.7. The summed E-state index contributed by atoms with van der Waals surface area (Å²) in [6.45, 7) is 4.19. The van der Waals surface area contributed by atoms with Gasteiger partial charge < -0.3 is 14.4 Å². The van der Waals surface area contributed by atoms with Crippen molar-refractivity contribution >= 4 is 5.91 Å². The van der Waals surface area contributed by atoms with Gasteiger partial charge in [0.25, 0.3) is 0 Å². The minimum atomic E-state index is 0.191. The van der Waals surface area contributed by atoms with Gasteiger partial charge in [0.15, 0.2) is 0 Å². The fourth-order valence-corrected chi connectivity index (χ4v) is 3.71. The van der Waals surface area contributed by atoms with E-state index in [-0.39, 0.29) is 18.1 Å². The zero-order chi connectivity index (χ0) is 15.5. The summed E-state index contributed by atoms with van der Waals surface area (Å²) >= 11 is 0. The standard InChI is InChI=1S/C18H25NO3/c1-13-3-5-14(6-4-13)11-18(20)19-7-8-22-17-10-15(12-21-2)9-16(17)19/h3-6,15-17H,7-12H2,1-2H3/t15-,16+,17-/m0/s1. The van der Waals surface area contributed by atoms with Crippen LogP contribution < -0.4 is 0 Å². The number of amides is 1. The first kappa shape index (κ1) is 15.5. The molecule has 0 N–H and O–H groups in total. The molecule has 0 unspecified atom stereocenters. The highest BCUT2D eigenvalue weighted by Crippen LogP contribution is 2.34. The SMILES string of the molecule is COC[C@@H]1C[C@@H]2OCCN(C(=O)Cc3ccc(C)cc3)[C@@H]2C1. The molecule has 120 valence electrons. The van der Waals surface area contributed by atoms with Crippen molar-refractivity contribution in [1.29, 1.82) is 0 Å². The summed E-state index contributed by atoms with van der Waals surface area (Å²) in [5, 5.41) is 0. The molecule has 2 aliphatic rings. The Hall–Kier alpha value is -1.39. The van der Waals surface area contributed by atoms with Crippen LogP contribution in [-0.2, 0) is 20.7 Å².